The molecule has 0 aromatic carbocycles. The molecule has 1 heterocycles. The number of azide groups is 1. The van der Waals surface area contributed by atoms with Crippen LogP contribution >= 0.6 is 0 Å². The van der Waals surface area contributed by atoms with E-state index in [4.69, 9.17) is 15.4 Å². The lowest BCUT2D eigenvalue weighted by Gasteiger charge is -2.36. The van der Waals surface area contributed by atoms with Gasteiger partial charge in [-0.05, 0) is 23.8 Å². The molecule has 0 aromatic heterocycles. The molecule has 1 atom stereocenters. The van der Waals surface area contributed by atoms with Crippen molar-refractivity contribution in [2.45, 2.75) is 25.8 Å². The van der Waals surface area contributed by atoms with Crippen LogP contribution in [0.15, 0.2) is 5.11 Å². The van der Waals surface area contributed by atoms with Crippen LogP contribution in [0.2, 0.25) is 0 Å². The second kappa shape index (κ2) is 4.30. The summed E-state index contributed by atoms with van der Waals surface area (Å²) >= 11 is 0. The highest BCUT2D eigenvalue weighted by molar-refractivity contribution is 5.74. The largest absolute Gasteiger partial charge is 0.481 e. The zero-order valence-corrected chi connectivity index (χ0v) is 8.01. The van der Waals surface area contributed by atoms with E-state index in [0.29, 0.717) is 26.1 Å². The molecule has 14 heavy (non-hydrogen) atoms. The van der Waals surface area contributed by atoms with Crippen molar-refractivity contribution in [1.82, 2.24) is 0 Å². The maximum Gasteiger partial charge on any atom is 0.313 e. The third-order valence-corrected chi connectivity index (χ3v) is 2.70. The van der Waals surface area contributed by atoms with E-state index in [2.05, 4.69) is 10.0 Å². The van der Waals surface area contributed by atoms with Crippen LogP contribution in [0.25, 0.3) is 10.4 Å². The maximum atomic E-state index is 10.9. The Morgan fingerprint density at radius 3 is 2.64 bits per heavy atom. The quantitative estimate of drug-likeness (QED) is 0.424. The normalized spacial score (nSPS) is 22.1. The molecule has 0 bridgehead atoms. The van der Waals surface area contributed by atoms with Crippen molar-refractivity contribution in [2.75, 3.05) is 13.2 Å². The van der Waals surface area contributed by atoms with Crippen molar-refractivity contribution < 1.29 is 14.6 Å². The number of rotatable bonds is 3. The monoisotopic (exact) mass is 199 g/mol. The Morgan fingerprint density at radius 1 is 1.64 bits per heavy atom. The van der Waals surface area contributed by atoms with Crippen LogP contribution in [0.5, 0.6) is 0 Å². The Morgan fingerprint density at radius 2 is 2.21 bits per heavy atom. The van der Waals surface area contributed by atoms with Crippen molar-refractivity contribution in [3.05, 3.63) is 10.4 Å². The van der Waals surface area contributed by atoms with Gasteiger partial charge in [-0.1, -0.05) is 12.0 Å². The van der Waals surface area contributed by atoms with E-state index >= 15 is 0 Å². The van der Waals surface area contributed by atoms with Crippen molar-refractivity contribution in [3.63, 3.8) is 0 Å². The van der Waals surface area contributed by atoms with Crippen LogP contribution in [0.4, 0.5) is 0 Å². The summed E-state index contributed by atoms with van der Waals surface area (Å²) in [6.45, 7) is 2.88. The molecule has 1 fully saturated rings. The fraction of sp³-hybridized carbons (Fsp3) is 0.875. The standard InChI is InChI=1S/C8H13N3O3/c1-8(2-4-14-5-3-8)6(7(12)13)10-11-9/h6H,2-5H2,1H3,(H,12,13)/t6-/m1/s1. The molecular formula is C8H13N3O3. The molecule has 1 aliphatic heterocycles. The van der Waals surface area contributed by atoms with Gasteiger partial charge in [0.1, 0.15) is 6.04 Å². The molecule has 6 nitrogen and oxygen atoms in total. The number of nitrogens with zero attached hydrogens (tertiary/aromatic N) is 3. The molecule has 0 saturated carbocycles. The van der Waals surface area contributed by atoms with Crippen LogP contribution in [0, 0.1) is 5.41 Å². The van der Waals surface area contributed by atoms with Gasteiger partial charge in [0.2, 0.25) is 0 Å². The molecule has 1 rings (SSSR count). The van der Waals surface area contributed by atoms with Gasteiger partial charge < -0.3 is 9.84 Å². The van der Waals surface area contributed by atoms with E-state index in [0.717, 1.165) is 0 Å². The Hall–Kier alpha value is -1.26. The van der Waals surface area contributed by atoms with Gasteiger partial charge in [0.25, 0.3) is 0 Å². The second-order valence-corrected chi connectivity index (χ2v) is 3.71. The smallest absolute Gasteiger partial charge is 0.313 e. The van der Waals surface area contributed by atoms with Crippen LogP contribution in [0.1, 0.15) is 19.8 Å². The lowest BCUT2D eigenvalue weighted by molar-refractivity contribution is -0.143. The predicted octanol–water partition coefficient (Wildman–Crippen LogP) is 1.57. The number of hydrogen-bond donors (Lipinski definition) is 1. The fourth-order valence-corrected chi connectivity index (χ4v) is 1.65. The van der Waals surface area contributed by atoms with Gasteiger partial charge in [-0.25, -0.2) is 0 Å². The summed E-state index contributed by atoms with van der Waals surface area (Å²) in [6, 6.07) is -0.989. The first-order valence-corrected chi connectivity index (χ1v) is 4.45. The van der Waals surface area contributed by atoms with Gasteiger partial charge in [0.15, 0.2) is 0 Å². The Kier molecular flexibility index (Phi) is 3.33. The highest BCUT2D eigenvalue weighted by atomic mass is 16.5. The lowest BCUT2D eigenvalue weighted by Crippen LogP contribution is -2.41. The van der Waals surface area contributed by atoms with Crippen molar-refractivity contribution >= 4 is 5.97 Å². The fourth-order valence-electron chi connectivity index (χ4n) is 1.65. The molecule has 0 aromatic rings. The van der Waals surface area contributed by atoms with E-state index in [9.17, 15) is 4.79 Å². The average molecular weight is 199 g/mol. The first-order valence-electron chi connectivity index (χ1n) is 4.45. The van der Waals surface area contributed by atoms with E-state index in [-0.39, 0.29) is 0 Å². The molecule has 0 radical (unpaired) electrons. The predicted molar refractivity (Wildman–Crippen MR) is 48.7 cm³/mol. The average Bonchev–Trinajstić information content (AvgIpc) is 2.14. The van der Waals surface area contributed by atoms with Crippen LogP contribution in [-0.2, 0) is 9.53 Å². The van der Waals surface area contributed by atoms with Gasteiger partial charge >= 0.3 is 5.97 Å². The minimum absolute atomic E-state index is 0.476. The van der Waals surface area contributed by atoms with E-state index in [1.54, 1.807) is 0 Å². The molecule has 1 saturated heterocycles. The van der Waals surface area contributed by atoms with Gasteiger partial charge in [-0.15, -0.1) is 0 Å². The molecular weight excluding hydrogens is 186 g/mol. The number of carboxylic acid groups (broad SMARTS) is 1. The van der Waals surface area contributed by atoms with Crippen LogP contribution < -0.4 is 0 Å². The molecule has 1 aliphatic rings. The Labute approximate surface area is 81.5 Å². The first-order chi connectivity index (χ1) is 6.60. The number of hydrogen-bond acceptors (Lipinski definition) is 3. The molecule has 78 valence electrons. The molecule has 0 aliphatic carbocycles. The van der Waals surface area contributed by atoms with Gasteiger partial charge in [-0.3, -0.25) is 4.79 Å². The highest BCUT2D eigenvalue weighted by Crippen LogP contribution is 2.35. The SMILES string of the molecule is CC1([C@H](N=[N+]=[N-])C(=O)O)CCOCC1. The van der Waals surface area contributed by atoms with E-state index in [1.807, 2.05) is 6.92 Å². The van der Waals surface area contributed by atoms with Crippen LogP contribution in [-0.4, -0.2) is 30.3 Å². The molecule has 0 spiro atoms. The molecule has 0 unspecified atom stereocenters. The highest BCUT2D eigenvalue weighted by Gasteiger charge is 2.39. The molecule has 1 N–H and O–H groups in total. The van der Waals surface area contributed by atoms with Crippen LogP contribution in [0.3, 0.4) is 0 Å². The first kappa shape index (κ1) is 10.8. The molecule has 0 amide bonds. The summed E-state index contributed by atoms with van der Waals surface area (Å²) in [5.74, 6) is -1.06. The summed E-state index contributed by atoms with van der Waals surface area (Å²) < 4.78 is 5.15. The molecule has 6 heteroatoms. The summed E-state index contributed by atoms with van der Waals surface area (Å²) in [6.07, 6.45) is 1.23. The van der Waals surface area contributed by atoms with Gasteiger partial charge in [-0.2, -0.15) is 0 Å². The van der Waals surface area contributed by atoms with E-state index in [1.165, 1.54) is 0 Å². The third kappa shape index (κ3) is 2.16. The zero-order valence-electron chi connectivity index (χ0n) is 8.01. The minimum Gasteiger partial charge on any atom is -0.481 e. The van der Waals surface area contributed by atoms with Crippen molar-refractivity contribution in [2.24, 2.45) is 10.5 Å². The van der Waals surface area contributed by atoms with E-state index < -0.39 is 17.4 Å². The van der Waals surface area contributed by atoms with Crippen molar-refractivity contribution in [3.8, 4) is 0 Å². The zero-order chi connectivity index (χ0) is 10.6. The van der Waals surface area contributed by atoms with Gasteiger partial charge in [0, 0.05) is 18.1 Å². The topological polar surface area (TPSA) is 95.3 Å². The van der Waals surface area contributed by atoms with Gasteiger partial charge in [0.05, 0.1) is 0 Å². The minimum atomic E-state index is -1.06. The lowest BCUT2D eigenvalue weighted by atomic mass is 9.76. The number of aliphatic carboxylic acids is 1. The van der Waals surface area contributed by atoms with Crippen molar-refractivity contribution in [1.29, 1.82) is 0 Å². The number of carboxylic acids is 1. The third-order valence-electron chi connectivity index (χ3n) is 2.70. The second-order valence-electron chi connectivity index (χ2n) is 3.71. The number of carbonyl (C=O) groups is 1. The summed E-state index contributed by atoms with van der Waals surface area (Å²) in [5.41, 5.74) is 7.82. The maximum absolute atomic E-state index is 10.9. The Balaban J connectivity index is 2.84. The Bertz CT molecular complexity index is 265. The summed E-state index contributed by atoms with van der Waals surface area (Å²) in [4.78, 5) is 13.5. The summed E-state index contributed by atoms with van der Waals surface area (Å²) in [7, 11) is 0. The summed E-state index contributed by atoms with van der Waals surface area (Å²) in [5, 5.41) is 12.3. The number of ether oxygens (including phenoxy) is 1.